The Hall–Kier alpha value is -2.36. The number of nitrogens with two attached hydrogens (primary N) is 1. The summed E-state index contributed by atoms with van der Waals surface area (Å²) in [7, 11) is 2.03. The molecule has 0 unspecified atom stereocenters. The van der Waals surface area contributed by atoms with E-state index < -0.39 is 0 Å². The van der Waals surface area contributed by atoms with Crippen LogP contribution in [0.25, 0.3) is 11.0 Å². The highest BCUT2D eigenvalue weighted by atomic mass is 15.1. The van der Waals surface area contributed by atoms with Crippen molar-refractivity contribution in [2.75, 3.05) is 5.73 Å². The van der Waals surface area contributed by atoms with Crippen LogP contribution in [0.2, 0.25) is 0 Å². The first-order valence-corrected chi connectivity index (χ1v) is 6.63. The molecule has 0 saturated carbocycles. The number of nitrogen functional groups attached to an aromatic ring is 1. The fourth-order valence-corrected chi connectivity index (χ4v) is 2.62. The minimum Gasteiger partial charge on any atom is -0.399 e. The monoisotopic (exact) mass is 266 g/mol. The van der Waals surface area contributed by atoms with E-state index in [2.05, 4.69) is 35.5 Å². The summed E-state index contributed by atoms with van der Waals surface area (Å²) in [5, 5.41) is 0. The zero-order chi connectivity index (χ0) is 14.3. The molecule has 0 aliphatic heterocycles. The normalized spacial score (nSPS) is 11.9. The van der Waals surface area contributed by atoms with Gasteiger partial charge in [0.2, 0.25) is 0 Å². The Kier molecular flexibility index (Phi) is 2.74. The van der Waals surface area contributed by atoms with Gasteiger partial charge in [-0.3, -0.25) is 4.98 Å². The molecule has 4 nitrogen and oxygen atoms in total. The van der Waals surface area contributed by atoms with Gasteiger partial charge < -0.3 is 10.3 Å². The van der Waals surface area contributed by atoms with Crippen molar-refractivity contribution >= 4 is 16.7 Å². The number of imidazole rings is 1. The molecule has 0 saturated heterocycles. The van der Waals surface area contributed by atoms with E-state index in [-0.39, 0.29) is 5.41 Å². The van der Waals surface area contributed by atoms with Gasteiger partial charge in [0, 0.05) is 24.3 Å². The summed E-state index contributed by atoms with van der Waals surface area (Å²) in [6.45, 7) is 4.35. The van der Waals surface area contributed by atoms with Crippen LogP contribution in [0.15, 0.2) is 42.7 Å². The molecular weight excluding hydrogens is 248 g/mol. The Balaban J connectivity index is 2.18. The first kappa shape index (κ1) is 12.7. The van der Waals surface area contributed by atoms with Crippen LogP contribution < -0.4 is 5.73 Å². The number of nitrogens with zero attached hydrogens (tertiary/aromatic N) is 3. The third kappa shape index (κ3) is 1.84. The number of hydrogen-bond acceptors (Lipinski definition) is 3. The van der Waals surface area contributed by atoms with Gasteiger partial charge in [-0.15, -0.1) is 0 Å². The first-order valence-electron chi connectivity index (χ1n) is 6.63. The molecule has 2 heterocycles. The Labute approximate surface area is 118 Å². The lowest BCUT2D eigenvalue weighted by Crippen LogP contribution is -2.23. The van der Waals surface area contributed by atoms with Crippen molar-refractivity contribution in [1.82, 2.24) is 14.5 Å². The van der Waals surface area contributed by atoms with E-state index in [4.69, 9.17) is 10.7 Å². The summed E-state index contributed by atoms with van der Waals surface area (Å²) >= 11 is 0. The second-order valence-electron chi connectivity index (χ2n) is 5.61. The highest BCUT2D eigenvalue weighted by molar-refractivity contribution is 5.75. The Morgan fingerprint density at radius 1 is 1.10 bits per heavy atom. The summed E-state index contributed by atoms with van der Waals surface area (Å²) in [6, 6.07) is 9.93. The molecule has 3 aromatic rings. The molecule has 0 radical (unpaired) electrons. The molecule has 20 heavy (non-hydrogen) atoms. The molecule has 0 aliphatic rings. The zero-order valence-corrected chi connectivity index (χ0v) is 12.0. The van der Waals surface area contributed by atoms with Crippen molar-refractivity contribution in [2.24, 2.45) is 7.05 Å². The van der Waals surface area contributed by atoms with E-state index in [0.29, 0.717) is 0 Å². The maximum atomic E-state index is 5.77. The summed E-state index contributed by atoms with van der Waals surface area (Å²) in [6.07, 6.45) is 3.63. The molecular formula is C16H18N4. The Morgan fingerprint density at radius 3 is 2.45 bits per heavy atom. The van der Waals surface area contributed by atoms with Crippen LogP contribution in [-0.4, -0.2) is 14.5 Å². The van der Waals surface area contributed by atoms with E-state index in [0.717, 1.165) is 22.5 Å². The molecule has 0 aliphatic carbocycles. The average Bonchev–Trinajstić information content (AvgIpc) is 2.78. The maximum Gasteiger partial charge on any atom is 0.119 e. The molecule has 0 spiro atoms. The van der Waals surface area contributed by atoms with Gasteiger partial charge >= 0.3 is 0 Å². The third-order valence-corrected chi connectivity index (χ3v) is 3.87. The van der Waals surface area contributed by atoms with Crippen LogP contribution in [0.4, 0.5) is 5.69 Å². The quantitative estimate of drug-likeness (QED) is 0.726. The van der Waals surface area contributed by atoms with Crippen molar-refractivity contribution in [3.63, 3.8) is 0 Å². The molecule has 2 N–H and O–H groups in total. The number of aromatic nitrogens is 3. The molecule has 3 rings (SSSR count). The molecule has 0 atom stereocenters. The summed E-state index contributed by atoms with van der Waals surface area (Å²) in [5.74, 6) is 1.02. The van der Waals surface area contributed by atoms with Crippen LogP contribution in [0, 0.1) is 0 Å². The topological polar surface area (TPSA) is 56.7 Å². The van der Waals surface area contributed by atoms with Crippen LogP contribution in [0.1, 0.15) is 25.2 Å². The highest BCUT2D eigenvalue weighted by Crippen LogP contribution is 2.32. The lowest BCUT2D eigenvalue weighted by Gasteiger charge is -2.25. The Bertz CT molecular complexity index is 754. The van der Waals surface area contributed by atoms with E-state index in [1.807, 2.05) is 31.4 Å². The van der Waals surface area contributed by atoms with Crippen molar-refractivity contribution in [1.29, 1.82) is 0 Å². The zero-order valence-electron chi connectivity index (χ0n) is 12.0. The van der Waals surface area contributed by atoms with Crippen LogP contribution in [0.5, 0.6) is 0 Å². The number of aryl methyl sites for hydroxylation is 1. The van der Waals surface area contributed by atoms with E-state index >= 15 is 0 Å². The second kappa shape index (κ2) is 4.34. The fourth-order valence-electron chi connectivity index (χ4n) is 2.62. The van der Waals surface area contributed by atoms with E-state index in [1.54, 1.807) is 6.20 Å². The fraction of sp³-hybridized carbons (Fsp3) is 0.250. The molecule has 0 amide bonds. The smallest absolute Gasteiger partial charge is 0.119 e. The number of pyridine rings is 1. The minimum atomic E-state index is -0.193. The van der Waals surface area contributed by atoms with Crippen molar-refractivity contribution < 1.29 is 0 Å². The minimum absolute atomic E-state index is 0.193. The van der Waals surface area contributed by atoms with Crippen molar-refractivity contribution in [3.05, 3.63) is 54.1 Å². The van der Waals surface area contributed by atoms with Gasteiger partial charge in [0.05, 0.1) is 17.2 Å². The lowest BCUT2D eigenvalue weighted by molar-refractivity contribution is 0.567. The van der Waals surface area contributed by atoms with Crippen LogP contribution >= 0.6 is 0 Å². The predicted octanol–water partition coefficient (Wildman–Crippen LogP) is 2.88. The number of hydrogen-bond donors (Lipinski definition) is 1. The number of rotatable bonds is 2. The van der Waals surface area contributed by atoms with Gasteiger partial charge in [-0.05, 0) is 37.6 Å². The largest absolute Gasteiger partial charge is 0.399 e. The SMILES string of the molecule is Cn1c(C(C)(C)c2ccc(N)cc2)nc2ccncc21. The summed E-state index contributed by atoms with van der Waals surface area (Å²) in [4.78, 5) is 8.95. The predicted molar refractivity (Wildman–Crippen MR) is 81.5 cm³/mol. The van der Waals surface area contributed by atoms with Gasteiger partial charge in [0.1, 0.15) is 5.82 Å². The van der Waals surface area contributed by atoms with Gasteiger partial charge in [-0.2, -0.15) is 0 Å². The summed E-state index contributed by atoms with van der Waals surface area (Å²) in [5.41, 5.74) is 9.57. The van der Waals surface area contributed by atoms with Gasteiger partial charge in [0.25, 0.3) is 0 Å². The van der Waals surface area contributed by atoms with E-state index in [1.165, 1.54) is 5.56 Å². The van der Waals surface area contributed by atoms with Crippen LogP contribution in [0.3, 0.4) is 0 Å². The van der Waals surface area contributed by atoms with Gasteiger partial charge in [-0.25, -0.2) is 4.98 Å². The lowest BCUT2D eigenvalue weighted by atomic mass is 9.83. The molecule has 4 heteroatoms. The molecule has 102 valence electrons. The van der Waals surface area contributed by atoms with Crippen molar-refractivity contribution in [2.45, 2.75) is 19.3 Å². The molecule has 0 fully saturated rings. The Morgan fingerprint density at radius 2 is 1.80 bits per heavy atom. The summed E-state index contributed by atoms with van der Waals surface area (Å²) < 4.78 is 2.11. The van der Waals surface area contributed by atoms with Crippen LogP contribution in [-0.2, 0) is 12.5 Å². The van der Waals surface area contributed by atoms with Crippen molar-refractivity contribution in [3.8, 4) is 0 Å². The molecule has 0 bridgehead atoms. The number of benzene rings is 1. The third-order valence-electron chi connectivity index (χ3n) is 3.87. The van der Waals surface area contributed by atoms with Gasteiger partial charge in [-0.1, -0.05) is 12.1 Å². The number of fused-ring (bicyclic) bond motifs is 1. The standard InChI is InChI=1S/C16H18N4/c1-16(2,11-4-6-12(17)7-5-11)15-19-13-8-9-18-10-14(13)20(15)3/h4-10H,17H2,1-3H3. The first-order chi connectivity index (χ1) is 9.50. The van der Waals surface area contributed by atoms with Gasteiger partial charge in [0.15, 0.2) is 0 Å². The van der Waals surface area contributed by atoms with E-state index in [9.17, 15) is 0 Å². The molecule has 2 aromatic heterocycles. The highest BCUT2D eigenvalue weighted by Gasteiger charge is 2.28. The second-order valence-corrected chi connectivity index (χ2v) is 5.61. The number of anilines is 1. The molecule has 1 aromatic carbocycles. The average molecular weight is 266 g/mol. The maximum absolute atomic E-state index is 5.77.